The van der Waals surface area contributed by atoms with Gasteiger partial charge in [-0.1, -0.05) is 96.4 Å². The molecule has 0 bridgehead atoms. The molecule has 2 atom stereocenters. The van der Waals surface area contributed by atoms with E-state index >= 15 is 0 Å². The van der Waals surface area contributed by atoms with Crippen LogP contribution in [0.2, 0.25) is 10.0 Å². The molecule has 8 heteroatoms. The molecular weight excluding hydrogens is 603 g/mol. The van der Waals surface area contributed by atoms with Gasteiger partial charge in [0.2, 0.25) is 11.8 Å². The standard InChI is InChI=1S/C37H44Cl2N4O2/c38-33-18-16-28(25-34(33)39)17-19-36(44)40-26-31-20-24-43(37(45)35(41-31)15-10-23-42-21-8-3-9-22-42)27-32(29-11-4-1-5-12-29)30-13-6-2-7-14-30/h1-2,4-7,11-14,16-19,25,31-32,35,41H,3,8-10,15,20-24,26-27H2,(H,40,44)/b19-17+/t31-,35?/m0/s1. The molecule has 0 aliphatic carbocycles. The van der Waals surface area contributed by atoms with E-state index in [1.165, 1.54) is 36.5 Å². The van der Waals surface area contributed by atoms with Gasteiger partial charge in [-0.15, -0.1) is 0 Å². The molecule has 2 aliphatic heterocycles. The van der Waals surface area contributed by atoms with Crippen molar-refractivity contribution in [2.45, 2.75) is 56.5 Å². The number of hydrogen-bond acceptors (Lipinski definition) is 4. The van der Waals surface area contributed by atoms with Gasteiger partial charge in [-0.05, 0) is 86.6 Å². The predicted octanol–water partition coefficient (Wildman–Crippen LogP) is 6.78. The second kappa shape index (κ2) is 17.0. The Balaban J connectivity index is 1.26. The van der Waals surface area contributed by atoms with Crippen LogP contribution in [-0.2, 0) is 9.59 Å². The highest BCUT2D eigenvalue weighted by Crippen LogP contribution is 2.27. The molecule has 1 unspecified atom stereocenters. The van der Waals surface area contributed by atoms with E-state index in [-0.39, 0.29) is 29.8 Å². The van der Waals surface area contributed by atoms with Crippen LogP contribution in [0, 0.1) is 0 Å². The maximum Gasteiger partial charge on any atom is 0.244 e. The number of carbonyl (C=O) groups is 2. The van der Waals surface area contributed by atoms with Gasteiger partial charge in [0.1, 0.15) is 0 Å². The number of piperidine rings is 1. The van der Waals surface area contributed by atoms with Crippen LogP contribution >= 0.6 is 23.2 Å². The zero-order chi connectivity index (χ0) is 31.4. The van der Waals surface area contributed by atoms with E-state index in [9.17, 15) is 9.59 Å². The smallest absolute Gasteiger partial charge is 0.244 e. The lowest BCUT2D eigenvalue weighted by Gasteiger charge is -2.30. The Morgan fingerprint density at radius 1 is 0.911 bits per heavy atom. The van der Waals surface area contributed by atoms with Crippen LogP contribution in [0.1, 0.15) is 61.1 Å². The highest BCUT2D eigenvalue weighted by Gasteiger charge is 2.32. The van der Waals surface area contributed by atoms with E-state index in [0.29, 0.717) is 29.7 Å². The zero-order valence-corrected chi connectivity index (χ0v) is 27.4. The van der Waals surface area contributed by atoms with Gasteiger partial charge in [-0.3, -0.25) is 9.59 Å². The molecule has 238 valence electrons. The third-order valence-corrected chi connectivity index (χ3v) is 9.65. The molecule has 2 fully saturated rings. The quantitative estimate of drug-likeness (QED) is 0.213. The molecule has 2 heterocycles. The Bertz CT molecular complexity index is 1370. The van der Waals surface area contributed by atoms with E-state index in [1.807, 2.05) is 18.2 Å². The molecular formula is C37H44Cl2N4O2. The van der Waals surface area contributed by atoms with Crippen molar-refractivity contribution in [1.82, 2.24) is 20.4 Å². The molecule has 3 aromatic carbocycles. The topological polar surface area (TPSA) is 64.7 Å². The summed E-state index contributed by atoms with van der Waals surface area (Å²) in [5.41, 5.74) is 3.20. The second-order valence-electron chi connectivity index (χ2n) is 12.2. The molecule has 0 radical (unpaired) electrons. The minimum Gasteiger partial charge on any atom is -0.351 e. The lowest BCUT2D eigenvalue weighted by atomic mass is 9.90. The van der Waals surface area contributed by atoms with E-state index in [4.69, 9.17) is 23.2 Å². The number of nitrogens with one attached hydrogen (secondary N) is 2. The van der Waals surface area contributed by atoms with Crippen LogP contribution in [0.15, 0.2) is 84.9 Å². The first-order valence-corrected chi connectivity index (χ1v) is 17.0. The molecule has 2 N–H and O–H groups in total. The molecule has 6 nitrogen and oxygen atoms in total. The Labute approximate surface area is 277 Å². The highest BCUT2D eigenvalue weighted by atomic mass is 35.5. The summed E-state index contributed by atoms with van der Waals surface area (Å²) < 4.78 is 0. The number of hydrogen-bond donors (Lipinski definition) is 2. The van der Waals surface area contributed by atoms with Crippen molar-refractivity contribution in [1.29, 1.82) is 0 Å². The first-order valence-electron chi connectivity index (χ1n) is 16.2. The van der Waals surface area contributed by atoms with E-state index in [1.54, 1.807) is 18.2 Å². The van der Waals surface area contributed by atoms with Crippen molar-refractivity contribution >= 4 is 41.1 Å². The molecule has 2 amide bonds. The molecule has 0 spiro atoms. The van der Waals surface area contributed by atoms with Gasteiger partial charge in [-0.25, -0.2) is 0 Å². The normalized spacial score (nSPS) is 19.6. The van der Waals surface area contributed by atoms with Crippen molar-refractivity contribution < 1.29 is 9.59 Å². The Morgan fingerprint density at radius 2 is 1.60 bits per heavy atom. The van der Waals surface area contributed by atoms with E-state index in [2.05, 4.69) is 69.0 Å². The Morgan fingerprint density at radius 3 is 2.27 bits per heavy atom. The molecule has 3 aromatic rings. The number of nitrogens with zero attached hydrogens (tertiary/aromatic N) is 2. The Kier molecular flexibility index (Phi) is 12.5. The van der Waals surface area contributed by atoms with Crippen LogP contribution in [0.4, 0.5) is 0 Å². The van der Waals surface area contributed by atoms with Crippen LogP contribution in [0.3, 0.4) is 0 Å². The predicted molar refractivity (Wildman–Crippen MR) is 185 cm³/mol. The summed E-state index contributed by atoms with van der Waals surface area (Å²) in [6.45, 7) is 5.00. The number of halogens is 2. The second-order valence-corrected chi connectivity index (χ2v) is 13.0. The number of benzene rings is 3. The SMILES string of the molecule is O=C(/C=C/c1ccc(Cl)c(Cl)c1)NC[C@@H]1CCN(CC(c2ccccc2)c2ccccc2)C(=O)C(CCCN2CCCCC2)N1. The van der Waals surface area contributed by atoms with Crippen LogP contribution in [-0.4, -0.2) is 73.0 Å². The average Bonchev–Trinajstić information content (AvgIpc) is 3.22. The van der Waals surface area contributed by atoms with Crippen molar-refractivity contribution in [3.05, 3.63) is 112 Å². The van der Waals surface area contributed by atoms with Gasteiger partial charge in [0, 0.05) is 37.7 Å². The first kappa shape index (κ1) is 33.2. The fraction of sp³-hybridized carbons (Fsp3) is 0.405. The van der Waals surface area contributed by atoms with E-state index in [0.717, 1.165) is 44.5 Å². The number of rotatable bonds is 12. The van der Waals surface area contributed by atoms with Crippen LogP contribution in [0.5, 0.6) is 0 Å². The number of carbonyl (C=O) groups excluding carboxylic acids is 2. The molecule has 5 rings (SSSR count). The highest BCUT2D eigenvalue weighted by molar-refractivity contribution is 6.42. The van der Waals surface area contributed by atoms with Gasteiger partial charge in [0.15, 0.2) is 0 Å². The van der Waals surface area contributed by atoms with Gasteiger partial charge in [-0.2, -0.15) is 0 Å². The molecule has 45 heavy (non-hydrogen) atoms. The van der Waals surface area contributed by atoms with Gasteiger partial charge >= 0.3 is 0 Å². The van der Waals surface area contributed by atoms with Crippen LogP contribution in [0.25, 0.3) is 6.08 Å². The summed E-state index contributed by atoms with van der Waals surface area (Å²) in [6, 6.07) is 25.9. The maximum atomic E-state index is 14.2. The van der Waals surface area contributed by atoms with Gasteiger partial charge in [0.25, 0.3) is 0 Å². The fourth-order valence-corrected chi connectivity index (χ4v) is 6.70. The third-order valence-electron chi connectivity index (χ3n) is 8.91. The van der Waals surface area contributed by atoms with E-state index < -0.39 is 0 Å². The first-order chi connectivity index (χ1) is 22.0. The summed E-state index contributed by atoms with van der Waals surface area (Å²) in [5.74, 6) is 0.0390. The van der Waals surface area contributed by atoms with Gasteiger partial charge < -0.3 is 20.4 Å². The largest absolute Gasteiger partial charge is 0.351 e. The van der Waals surface area contributed by atoms with Crippen molar-refractivity contribution in [2.75, 3.05) is 39.3 Å². The third kappa shape index (κ3) is 9.91. The Hall–Kier alpha value is -3.16. The average molecular weight is 648 g/mol. The lowest BCUT2D eigenvalue weighted by Crippen LogP contribution is -2.49. The summed E-state index contributed by atoms with van der Waals surface area (Å²) in [6.07, 6.45) is 9.55. The summed E-state index contributed by atoms with van der Waals surface area (Å²) in [5, 5.41) is 7.62. The number of likely N-dealkylation sites (tertiary alicyclic amines) is 1. The molecule has 0 saturated carbocycles. The molecule has 2 aliphatic rings. The van der Waals surface area contributed by atoms with Gasteiger partial charge in [0.05, 0.1) is 16.1 Å². The molecule has 0 aromatic heterocycles. The fourth-order valence-electron chi connectivity index (χ4n) is 6.40. The lowest BCUT2D eigenvalue weighted by molar-refractivity contribution is -0.133. The minimum absolute atomic E-state index is 0.0202. The summed E-state index contributed by atoms with van der Waals surface area (Å²) >= 11 is 12.1. The van der Waals surface area contributed by atoms with Crippen LogP contribution < -0.4 is 10.6 Å². The summed E-state index contributed by atoms with van der Waals surface area (Å²) in [7, 11) is 0. The zero-order valence-electron chi connectivity index (χ0n) is 25.8. The monoisotopic (exact) mass is 646 g/mol. The minimum atomic E-state index is -0.293. The summed E-state index contributed by atoms with van der Waals surface area (Å²) in [4.78, 5) is 31.5. The van der Waals surface area contributed by atoms with Crippen molar-refractivity contribution in [3.63, 3.8) is 0 Å². The van der Waals surface area contributed by atoms with Crippen molar-refractivity contribution in [3.8, 4) is 0 Å². The maximum absolute atomic E-state index is 14.2. The van der Waals surface area contributed by atoms with Crippen molar-refractivity contribution in [2.24, 2.45) is 0 Å². The molecule has 2 saturated heterocycles. The number of amides is 2.